The van der Waals surface area contributed by atoms with Crippen LogP contribution in [0.4, 0.5) is 4.39 Å². The first-order chi connectivity index (χ1) is 15.7. The maximum atomic E-state index is 13.3. The summed E-state index contributed by atoms with van der Waals surface area (Å²) in [5.41, 5.74) is 2.40. The number of halogens is 1. The van der Waals surface area contributed by atoms with Crippen LogP contribution in [0.1, 0.15) is 21.6 Å². The number of carbonyl (C=O) groups excluding carboxylic acids is 1. The minimum Gasteiger partial charge on any atom is -0.348 e. The van der Waals surface area contributed by atoms with Crippen molar-refractivity contribution in [3.8, 4) is 11.3 Å². The summed E-state index contributed by atoms with van der Waals surface area (Å²) < 4.78 is 45.0. The largest absolute Gasteiger partial charge is 0.348 e. The lowest BCUT2D eigenvalue weighted by atomic mass is 10.0. The summed E-state index contributed by atoms with van der Waals surface area (Å²) >= 11 is 0. The number of fused-ring (bicyclic) bond motifs is 1. The lowest BCUT2D eigenvalue weighted by Gasteiger charge is -2.15. The number of rotatable bonds is 6. The van der Waals surface area contributed by atoms with E-state index in [9.17, 15) is 17.6 Å². The van der Waals surface area contributed by atoms with E-state index in [0.717, 1.165) is 4.31 Å². The van der Waals surface area contributed by atoms with Crippen molar-refractivity contribution in [3.05, 3.63) is 77.2 Å². The molecule has 2 heterocycles. The van der Waals surface area contributed by atoms with Crippen LogP contribution in [0, 0.1) is 12.7 Å². The molecule has 0 saturated heterocycles. The Labute approximate surface area is 190 Å². The summed E-state index contributed by atoms with van der Waals surface area (Å²) in [6, 6.07) is 13.8. The predicted octanol–water partition coefficient (Wildman–Crippen LogP) is 3.52. The molecule has 0 aliphatic rings. The van der Waals surface area contributed by atoms with Gasteiger partial charge in [-0.3, -0.25) is 4.79 Å². The summed E-state index contributed by atoms with van der Waals surface area (Å²) in [7, 11) is -0.785. The molecule has 2 aromatic carbocycles. The molecule has 2 aromatic heterocycles. The van der Waals surface area contributed by atoms with E-state index in [2.05, 4.69) is 15.5 Å². The first-order valence-corrected chi connectivity index (χ1v) is 11.4. The number of pyridine rings is 1. The van der Waals surface area contributed by atoms with Gasteiger partial charge in [0.1, 0.15) is 5.82 Å². The average Bonchev–Trinajstić information content (AvgIpc) is 3.18. The summed E-state index contributed by atoms with van der Waals surface area (Å²) in [6.45, 7) is 1.68. The molecule has 1 N–H and O–H groups in total. The highest BCUT2D eigenvalue weighted by atomic mass is 32.2. The third kappa shape index (κ3) is 4.35. The summed E-state index contributed by atoms with van der Waals surface area (Å²) in [5, 5.41) is 7.15. The number of aromatic nitrogens is 2. The molecule has 0 fully saturated rings. The van der Waals surface area contributed by atoms with Crippen LogP contribution in [0.5, 0.6) is 0 Å². The van der Waals surface area contributed by atoms with E-state index in [1.54, 1.807) is 43.3 Å². The minimum atomic E-state index is -3.68. The van der Waals surface area contributed by atoms with Crippen molar-refractivity contribution in [3.63, 3.8) is 0 Å². The van der Waals surface area contributed by atoms with Crippen LogP contribution < -0.4 is 5.32 Å². The quantitative estimate of drug-likeness (QED) is 0.464. The molecule has 0 radical (unpaired) electrons. The van der Waals surface area contributed by atoms with Gasteiger partial charge in [0.05, 0.1) is 27.2 Å². The standard InChI is InChI=1S/C23H21FN4O4S/c1-14-21-18(12-19(26-23(21)32-27-14)15-8-10-17(24)11-9-15)22(29)25-13-16-6-4-5-7-20(16)33(30,31)28(2)3/h4-12H,13H2,1-3H3,(H,25,29). The highest BCUT2D eigenvalue weighted by Crippen LogP contribution is 2.27. The molecule has 170 valence electrons. The maximum absolute atomic E-state index is 13.3. The molecule has 0 aliphatic carbocycles. The lowest BCUT2D eigenvalue weighted by Crippen LogP contribution is -2.27. The Morgan fingerprint density at radius 1 is 1.12 bits per heavy atom. The Morgan fingerprint density at radius 3 is 2.52 bits per heavy atom. The van der Waals surface area contributed by atoms with Gasteiger partial charge in [-0.05, 0) is 48.9 Å². The van der Waals surface area contributed by atoms with Gasteiger partial charge < -0.3 is 9.84 Å². The van der Waals surface area contributed by atoms with Crippen molar-refractivity contribution < 1.29 is 22.1 Å². The van der Waals surface area contributed by atoms with Crippen molar-refractivity contribution in [1.82, 2.24) is 19.8 Å². The second-order valence-electron chi connectivity index (χ2n) is 7.59. The van der Waals surface area contributed by atoms with Crippen LogP contribution in [0.2, 0.25) is 0 Å². The SMILES string of the molecule is Cc1noc2nc(-c3ccc(F)cc3)cc(C(=O)NCc3ccccc3S(=O)(=O)N(C)C)c12. The van der Waals surface area contributed by atoms with Crippen LogP contribution in [0.15, 0.2) is 64.0 Å². The average molecular weight is 469 g/mol. The van der Waals surface area contributed by atoms with Crippen LogP contribution in [0.25, 0.3) is 22.4 Å². The van der Waals surface area contributed by atoms with E-state index in [0.29, 0.717) is 27.9 Å². The summed E-state index contributed by atoms with van der Waals surface area (Å²) in [6.07, 6.45) is 0. The Hall–Kier alpha value is -3.63. The van der Waals surface area contributed by atoms with Gasteiger partial charge in [-0.25, -0.2) is 22.1 Å². The topological polar surface area (TPSA) is 105 Å². The molecular formula is C23H21FN4O4S. The molecule has 0 aliphatic heterocycles. The van der Waals surface area contributed by atoms with Gasteiger partial charge in [0.2, 0.25) is 10.0 Å². The van der Waals surface area contributed by atoms with Crippen LogP contribution in [0.3, 0.4) is 0 Å². The molecule has 0 saturated carbocycles. The number of benzene rings is 2. The van der Waals surface area contributed by atoms with Crippen molar-refractivity contribution in [1.29, 1.82) is 0 Å². The molecule has 0 spiro atoms. The van der Waals surface area contributed by atoms with E-state index in [-0.39, 0.29) is 28.5 Å². The van der Waals surface area contributed by atoms with Crippen molar-refractivity contribution in [2.75, 3.05) is 14.1 Å². The van der Waals surface area contributed by atoms with Gasteiger partial charge >= 0.3 is 0 Å². The number of hydrogen-bond acceptors (Lipinski definition) is 6. The first-order valence-electron chi connectivity index (χ1n) is 10.00. The first kappa shape index (κ1) is 22.6. The Morgan fingerprint density at radius 2 is 1.82 bits per heavy atom. The molecule has 33 heavy (non-hydrogen) atoms. The van der Waals surface area contributed by atoms with Gasteiger partial charge in [0.25, 0.3) is 11.6 Å². The fraction of sp³-hybridized carbons (Fsp3) is 0.174. The van der Waals surface area contributed by atoms with E-state index >= 15 is 0 Å². The van der Waals surface area contributed by atoms with Crippen LogP contribution >= 0.6 is 0 Å². The number of nitrogens with one attached hydrogen (secondary N) is 1. The zero-order valence-electron chi connectivity index (χ0n) is 18.2. The molecule has 8 nitrogen and oxygen atoms in total. The second kappa shape index (κ2) is 8.72. The Bertz CT molecular complexity index is 1450. The van der Waals surface area contributed by atoms with Gasteiger partial charge in [-0.2, -0.15) is 0 Å². The monoisotopic (exact) mass is 468 g/mol. The zero-order valence-corrected chi connectivity index (χ0v) is 19.0. The predicted molar refractivity (Wildman–Crippen MR) is 120 cm³/mol. The van der Waals surface area contributed by atoms with Gasteiger partial charge in [-0.1, -0.05) is 23.4 Å². The molecule has 10 heteroatoms. The lowest BCUT2D eigenvalue weighted by molar-refractivity contribution is 0.0952. The third-order valence-electron chi connectivity index (χ3n) is 5.17. The van der Waals surface area contributed by atoms with E-state index in [1.165, 1.54) is 32.3 Å². The molecule has 4 rings (SSSR count). The molecule has 0 unspecified atom stereocenters. The molecule has 1 amide bonds. The highest BCUT2D eigenvalue weighted by molar-refractivity contribution is 7.89. The number of hydrogen-bond donors (Lipinski definition) is 1. The van der Waals surface area contributed by atoms with Gasteiger partial charge in [0, 0.05) is 26.2 Å². The fourth-order valence-electron chi connectivity index (χ4n) is 3.41. The van der Waals surface area contributed by atoms with E-state index < -0.39 is 15.9 Å². The smallest absolute Gasteiger partial charge is 0.259 e. The van der Waals surface area contributed by atoms with Crippen LogP contribution in [-0.2, 0) is 16.6 Å². The highest BCUT2D eigenvalue weighted by Gasteiger charge is 2.23. The van der Waals surface area contributed by atoms with E-state index in [1.807, 2.05) is 0 Å². The number of amides is 1. The molecule has 0 bridgehead atoms. The third-order valence-corrected chi connectivity index (χ3v) is 7.09. The van der Waals surface area contributed by atoms with Crippen molar-refractivity contribution in [2.45, 2.75) is 18.4 Å². The Balaban J connectivity index is 1.70. The minimum absolute atomic E-state index is 0.0118. The number of sulfonamides is 1. The van der Waals surface area contributed by atoms with Crippen molar-refractivity contribution in [2.24, 2.45) is 0 Å². The molecule has 0 atom stereocenters. The second-order valence-corrected chi connectivity index (χ2v) is 9.71. The summed E-state index contributed by atoms with van der Waals surface area (Å²) in [5.74, 6) is -0.839. The maximum Gasteiger partial charge on any atom is 0.259 e. The van der Waals surface area contributed by atoms with Gasteiger partial charge in [0.15, 0.2) is 0 Å². The van der Waals surface area contributed by atoms with E-state index in [4.69, 9.17) is 4.52 Å². The van der Waals surface area contributed by atoms with Crippen molar-refractivity contribution >= 4 is 27.0 Å². The number of aryl methyl sites for hydroxylation is 1. The number of nitrogens with zero attached hydrogens (tertiary/aromatic N) is 3. The summed E-state index contributed by atoms with van der Waals surface area (Å²) in [4.78, 5) is 17.7. The molecule has 4 aromatic rings. The Kier molecular flexibility index (Phi) is 5.96. The van der Waals surface area contributed by atoms with Gasteiger partial charge in [-0.15, -0.1) is 0 Å². The zero-order chi connectivity index (χ0) is 23.8. The van der Waals surface area contributed by atoms with Crippen LogP contribution in [-0.4, -0.2) is 42.9 Å². The normalized spacial score (nSPS) is 11.8. The number of carbonyl (C=O) groups is 1. The molecular weight excluding hydrogens is 447 g/mol. The fourth-order valence-corrected chi connectivity index (χ4v) is 4.53.